The molecule has 9 aromatic rings. The van der Waals surface area contributed by atoms with Crippen molar-refractivity contribution in [3.63, 3.8) is 0 Å². The van der Waals surface area contributed by atoms with Gasteiger partial charge in [-0.05, 0) is 86.1 Å². The number of hydrogen-bond acceptors (Lipinski definition) is 12. The van der Waals surface area contributed by atoms with Crippen LogP contribution in [-0.4, -0.2) is 51.3 Å². The van der Waals surface area contributed by atoms with Crippen molar-refractivity contribution in [3.05, 3.63) is 181 Å². The number of nitrogens with zero attached hydrogens (tertiary/aromatic N) is 5. The number of carbonyl (C=O) groups is 1. The molecule has 0 radical (unpaired) electrons. The van der Waals surface area contributed by atoms with E-state index in [4.69, 9.17) is 19.4 Å². The number of nitrogens with two attached hydrogens (primary N) is 2. The van der Waals surface area contributed by atoms with Gasteiger partial charge in [0.25, 0.3) is 15.7 Å². The number of sulfonamides is 3. The number of amides is 1. The Hall–Kier alpha value is -8.09. The van der Waals surface area contributed by atoms with E-state index in [9.17, 15) is 43.2 Å². The lowest BCUT2D eigenvalue weighted by Gasteiger charge is -2.09. The minimum Gasteiger partial charge on any atom is -0.360 e. The number of carbonyl (C=O) groups excluding carboxylic acids is 1. The number of aryl methyl sites for hydroxylation is 3. The Morgan fingerprint density at radius 3 is 1.64 bits per heavy atom. The molecule has 0 saturated carbocycles. The molecule has 0 atom stereocenters. The Morgan fingerprint density at radius 2 is 1.12 bits per heavy atom. The number of hydrogen-bond donors (Lipinski definition) is 3. The van der Waals surface area contributed by atoms with E-state index in [1.54, 1.807) is 69.4 Å². The smallest absolute Gasteiger partial charge is 0.360 e. The number of benzene rings is 6. The van der Waals surface area contributed by atoms with Gasteiger partial charge in [0.2, 0.25) is 31.6 Å². The minimum absolute atomic E-state index is 0.0263. The molecule has 6 aromatic carbocycles. The molecule has 0 aliphatic heterocycles. The monoisotopic (exact) mass is 1070 g/mol. The molecule has 0 fully saturated rings. The second-order valence-electron chi connectivity index (χ2n) is 16.3. The van der Waals surface area contributed by atoms with Crippen molar-refractivity contribution in [2.45, 2.75) is 48.1 Å². The number of aromatic nitrogens is 5. The molecule has 0 aliphatic rings. The normalized spacial score (nSPS) is 11.7. The van der Waals surface area contributed by atoms with Gasteiger partial charge in [-0.2, -0.15) is 18.3 Å². The van der Waals surface area contributed by atoms with Gasteiger partial charge in [-0.3, -0.25) is 4.79 Å². The zero-order valence-electron chi connectivity index (χ0n) is 39.7. The predicted molar refractivity (Wildman–Crippen MR) is 268 cm³/mol. The summed E-state index contributed by atoms with van der Waals surface area (Å²) in [6.07, 6.45) is -4.51. The summed E-state index contributed by atoms with van der Waals surface area (Å²) < 4.78 is 124. The molecule has 17 nitrogen and oxygen atoms in total. The summed E-state index contributed by atoms with van der Waals surface area (Å²) in [5, 5.41) is 22.0. The van der Waals surface area contributed by atoms with Crippen LogP contribution in [0.4, 0.5) is 13.2 Å². The van der Waals surface area contributed by atoms with Crippen molar-refractivity contribution in [1.82, 2.24) is 24.8 Å². The van der Waals surface area contributed by atoms with Crippen molar-refractivity contribution in [2.75, 3.05) is 0 Å². The molecule has 74 heavy (non-hydrogen) atoms. The van der Waals surface area contributed by atoms with Crippen LogP contribution < -0.4 is 19.7 Å². The number of rotatable bonds is 11. The Bertz CT molecular complexity index is 3760. The molecule has 9 rings (SSSR count). The number of nitrogens with one attached hydrogen (secondary N) is 1. The fourth-order valence-corrected chi connectivity index (χ4v) is 9.34. The van der Waals surface area contributed by atoms with Crippen LogP contribution in [0.2, 0.25) is 0 Å². The zero-order chi connectivity index (χ0) is 53.6. The lowest BCUT2D eigenvalue weighted by molar-refractivity contribution is -0.845. The summed E-state index contributed by atoms with van der Waals surface area (Å²) >= 11 is 0. The van der Waals surface area contributed by atoms with Crippen LogP contribution in [0.3, 0.4) is 0 Å². The quantitative estimate of drug-likeness (QED) is 0.103. The summed E-state index contributed by atoms with van der Waals surface area (Å²) in [5.41, 5.74) is 7.33. The second kappa shape index (κ2) is 21.9. The summed E-state index contributed by atoms with van der Waals surface area (Å²) in [6, 6.07) is 44.8. The van der Waals surface area contributed by atoms with Crippen LogP contribution >= 0.6 is 0 Å². The first-order chi connectivity index (χ1) is 34.9. The van der Waals surface area contributed by atoms with Gasteiger partial charge in [-0.1, -0.05) is 124 Å². The Balaban J connectivity index is 0.000000163. The van der Waals surface area contributed by atoms with Crippen LogP contribution in [0.1, 0.15) is 30.4 Å². The highest BCUT2D eigenvalue weighted by Gasteiger charge is 2.35. The molecule has 0 aliphatic carbocycles. The molecule has 0 unspecified atom stereocenters. The fourth-order valence-electron chi connectivity index (χ4n) is 7.25. The van der Waals surface area contributed by atoms with Gasteiger partial charge in [0.05, 0.1) is 31.6 Å². The molecule has 1 amide bonds. The number of primary sulfonamides is 2. The van der Waals surface area contributed by atoms with Crippen LogP contribution in [0.25, 0.3) is 61.8 Å². The minimum atomic E-state index is -4.61. The second-order valence-corrected chi connectivity index (χ2v) is 21.1. The molecule has 3 heterocycles. The van der Waals surface area contributed by atoms with Gasteiger partial charge >= 0.3 is 6.18 Å². The maximum Gasteiger partial charge on any atom is 0.435 e. The maximum absolute atomic E-state index is 13.1. The van der Waals surface area contributed by atoms with E-state index in [2.05, 4.69) is 15.4 Å². The van der Waals surface area contributed by atoms with Crippen LogP contribution in [0.5, 0.6) is 0 Å². The van der Waals surface area contributed by atoms with E-state index < -0.39 is 47.8 Å². The molecule has 3 aromatic heterocycles. The van der Waals surface area contributed by atoms with Gasteiger partial charge < -0.3 is 4.52 Å². The maximum atomic E-state index is 13.1. The van der Waals surface area contributed by atoms with Gasteiger partial charge in [0.15, 0.2) is 10.9 Å². The fraction of sp³-hybridized carbons (Fsp3) is 0.118. The molecular weight excluding hydrogens is 1020 g/mol. The highest BCUT2D eigenvalue weighted by atomic mass is 32.2. The predicted octanol–water partition coefficient (Wildman–Crippen LogP) is 8.53. The third-order valence-corrected chi connectivity index (χ3v) is 14.2. The van der Waals surface area contributed by atoms with E-state index in [0.717, 1.165) is 49.8 Å². The van der Waals surface area contributed by atoms with E-state index in [-0.39, 0.29) is 32.5 Å². The van der Waals surface area contributed by atoms with E-state index in [0.29, 0.717) is 22.7 Å². The Labute approximate surface area is 424 Å². The average Bonchev–Trinajstić information content (AvgIpc) is 4.12. The van der Waals surface area contributed by atoms with Crippen molar-refractivity contribution >= 4 is 36.0 Å². The molecule has 5 N–H and O–H groups in total. The summed E-state index contributed by atoms with van der Waals surface area (Å²) in [4.78, 5) is 11.3. The third kappa shape index (κ3) is 12.7. The molecule has 0 saturated heterocycles. The lowest BCUT2D eigenvalue weighted by atomic mass is 10.00. The highest BCUT2D eigenvalue weighted by molar-refractivity contribution is 7.90. The van der Waals surface area contributed by atoms with Crippen LogP contribution in [-0.2, 0) is 48.1 Å². The Kier molecular flexibility index (Phi) is 15.9. The Morgan fingerprint density at radius 1 is 0.635 bits per heavy atom. The van der Waals surface area contributed by atoms with Crippen molar-refractivity contribution in [1.29, 1.82) is 0 Å². The van der Waals surface area contributed by atoms with E-state index >= 15 is 0 Å². The SMILES string of the molecule is CCC(=O)NS(=O)(=O)c1ccc(-c2c(-c3ccccc3)noc2C)cc1.C[n+]1onc(-c2ccccc2)c1-c1ccc(S(N)(=O)=O)cc1.Cc1ccc(-c2cc(C(F)(F)F)nn2-c2ccc(S(N)(=O)=O)cc2)cc1. The largest absolute Gasteiger partial charge is 0.435 e. The summed E-state index contributed by atoms with van der Waals surface area (Å²) in [6.45, 7) is 5.27. The highest BCUT2D eigenvalue weighted by Crippen LogP contribution is 2.36. The van der Waals surface area contributed by atoms with Crippen molar-refractivity contribution in [3.8, 4) is 61.8 Å². The number of alkyl halides is 3. The van der Waals surface area contributed by atoms with Crippen molar-refractivity contribution in [2.24, 2.45) is 17.3 Å². The van der Waals surface area contributed by atoms with E-state index in [1.807, 2.05) is 72.3 Å². The van der Waals surface area contributed by atoms with Gasteiger partial charge in [0.1, 0.15) is 18.5 Å². The van der Waals surface area contributed by atoms with Crippen molar-refractivity contribution < 1.29 is 57.1 Å². The average molecular weight is 1070 g/mol. The molecule has 0 bridgehead atoms. The van der Waals surface area contributed by atoms with E-state index in [1.165, 1.54) is 53.3 Å². The summed E-state index contributed by atoms with van der Waals surface area (Å²) in [7, 11) is -9.73. The first kappa shape index (κ1) is 53.7. The van der Waals surface area contributed by atoms with Crippen LogP contribution in [0, 0.1) is 13.8 Å². The molecular formula is C51H46F3N8O9S3+. The van der Waals surface area contributed by atoms with Gasteiger partial charge in [0, 0.05) is 28.7 Å². The van der Waals surface area contributed by atoms with Gasteiger partial charge in [-0.25, -0.2) is 44.9 Å². The first-order valence-electron chi connectivity index (χ1n) is 22.0. The zero-order valence-corrected chi connectivity index (χ0v) is 42.2. The summed E-state index contributed by atoms with van der Waals surface area (Å²) in [5.74, 6) is 0.0917. The lowest BCUT2D eigenvalue weighted by Crippen LogP contribution is -2.29. The standard InChI is InChI=1S/C19H18N2O4S.C17H14F3N3O2S.C15H14N3O3S/c1-3-17(22)21-26(23,24)16-11-9-14(10-12-16)18-13(2)25-20-19(18)15-7-5-4-6-8-15;1-11-2-4-12(5-3-11)15-10-16(17(18,19)20)22-23(15)13-6-8-14(9-7-13)26(21,24)25;1-18-15(12-7-9-13(10-8-12)22(16,19)20)14(17-21-18)11-5-3-2-4-6-11/h4-12H,3H2,1-2H3,(H,21,22);2-10H,1H3,(H2,21,24,25);2-10H,1H3,(H2,16,19,20)/q;;+1. The molecule has 0 spiro atoms. The number of halogens is 3. The first-order valence-corrected chi connectivity index (χ1v) is 26.6. The molecule has 23 heteroatoms. The van der Waals surface area contributed by atoms with Gasteiger partial charge in [-0.15, -0.1) is 0 Å². The van der Waals surface area contributed by atoms with Crippen LogP contribution in [0.15, 0.2) is 188 Å². The topological polar surface area (TPSA) is 257 Å². The third-order valence-electron chi connectivity index (χ3n) is 11.0. The molecule has 382 valence electrons.